The predicted octanol–water partition coefficient (Wildman–Crippen LogP) is 3.52. The Bertz CT molecular complexity index is 873. The number of amides is 1. The SMILES string of the molecule is CN(Cc1ccco1)C(=O)CSc1ncnc2sc3c(c12)CCC3. The maximum absolute atomic E-state index is 12.4. The molecule has 3 aromatic rings. The zero-order valence-corrected chi connectivity index (χ0v) is 15.0. The third-order valence-electron chi connectivity index (χ3n) is 4.20. The highest BCUT2D eigenvalue weighted by Crippen LogP contribution is 2.39. The summed E-state index contributed by atoms with van der Waals surface area (Å²) in [5, 5.41) is 2.10. The quantitative estimate of drug-likeness (QED) is 0.515. The van der Waals surface area contributed by atoms with Gasteiger partial charge in [-0.15, -0.1) is 11.3 Å². The van der Waals surface area contributed by atoms with Gasteiger partial charge >= 0.3 is 0 Å². The molecule has 1 aliphatic rings. The molecule has 5 nitrogen and oxygen atoms in total. The topological polar surface area (TPSA) is 59.2 Å². The molecule has 1 amide bonds. The van der Waals surface area contributed by atoms with E-state index in [0.717, 1.165) is 28.5 Å². The van der Waals surface area contributed by atoms with E-state index in [9.17, 15) is 4.79 Å². The minimum absolute atomic E-state index is 0.0648. The maximum atomic E-state index is 12.4. The third kappa shape index (κ3) is 2.93. The second-order valence-corrected chi connectivity index (χ2v) is 7.88. The van der Waals surface area contributed by atoms with Gasteiger partial charge in [-0.2, -0.15) is 0 Å². The Labute approximate surface area is 148 Å². The summed E-state index contributed by atoms with van der Waals surface area (Å²) in [6, 6.07) is 3.71. The second-order valence-electron chi connectivity index (χ2n) is 5.83. The zero-order chi connectivity index (χ0) is 16.5. The number of thioether (sulfide) groups is 1. The van der Waals surface area contributed by atoms with Crippen LogP contribution >= 0.6 is 23.1 Å². The van der Waals surface area contributed by atoms with Gasteiger partial charge in [-0.05, 0) is 37.0 Å². The fourth-order valence-corrected chi connectivity index (χ4v) is 5.23. The van der Waals surface area contributed by atoms with Crippen molar-refractivity contribution in [2.75, 3.05) is 12.8 Å². The number of aryl methyl sites for hydroxylation is 2. The molecule has 3 aromatic heterocycles. The summed E-state index contributed by atoms with van der Waals surface area (Å²) in [4.78, 5) is 25.4. The standard InChI is InChI=1S/C17H17N3O2S2/c1-20(8-11-4-3-7-22-11)14(21)9-23-16-15-12-5-2-6-13(12)24-17(15)19-10-18-16/h3-4,7,10H,2,5-6,8-9H2,1H3. The molecule has 0 aliphatic heterocycles. The van der Waals surface area contributed by atoms with E-state index in [2.05, 4.69) is 9.97 Å². The number of carbonyl (C=O) groups excluding carboxylic acids is 1. The Morgan fingerprint density at radius 1 is 1.42 bits per heavy atom. The molecule has 1 aliphatic carbocycles. The summed E-state index contributed by atoms with van der Waals surface area (Å²) in [6.45, 7) is 0.486. The van der Waals surface area contributed by atoms with Crippen molar-refractivity contribution >= 4 is 39.2 Å². The number of hydrogen-bond acceptors (Lipinski definition) is 6. The van der Waals surface area contributed by atoms with Crippen molar-refractivity contribution in [3.05, 3.63) is 40.9 Å². The van der Waals surface area contributed by atoms with Gasteiger partial charge in [0.05, 0.1) is 18.6 Å². The van der Waals surface area contributed by atoms with E-state index in [0.29, 0.717) is 12.3 Å². The molecule has 7 heteroatoms. The Kier molecular flexibility index (Phi) is 4.28. The molecule has 0 bridgehead atoms. The van der Waals surface area contributed by atoms with Crippen molar-refractivity contribution in [2.45, 2.75) is 30.8 Å². The average molecular weight is 359 g/mol. The van der Waals surface area contributed by atoms with Gasteiger partial charge in [0.1, 0.15) is 21.9 Å². The molecule has 0 saturated heterocycles. The van der Waals surface area contributed by atoms with Gasteiger partial charge in [-0.3, -0.25) is 4.79 Å². The van der Waals surface area contributed by atoms with Gasteiger partial charge in [0.2, 0.25) is 5.91 Å². The van der Waals surface area contributed by atoms with E-state index < -0.39 is 0 Å². The normalized spacial score (nSPS) is 13.4. The predicted molar refractivity (Wildman–Crippen MR) is 95.3 cm³/mol. The maximum Gasteiger partial charge on any atom is 0.233 e. The number of carbonyl (C=O) groups is 1. The van der Waals surface area contributed by atoms with E-state index in [1.54, 1.807) is 35.9 Å². The van der Waals surface area contributed by atoms with Crippen LogP contribution in [0.15, 0.2) is 34.2 Å². The molecule has 0 fully saturated rings. The molecule has 0 N–H and O–H groups in total. The average Bonchev–Trinajstić information content (AvgIpc) is 3.28. The monoisotopic (exact) mass is 359 g/mol. The number of furan rings is 1. The van der Waals surface area contributed by atoms with Crippen LogP contribution in [-0.4, -0.2) is 33.6 Å². The van der Waals surface area contributed by atoms with Gasteiger partial charge < -0.3 is 9.32 Å². The van der Waals surface area contributed by atoms with E-state index in [-0.39, 0.29) is 5.91 Å². The Morgan fingerprint density at radius 3 is 3.17 bits per heavy atom. The lowest BCUT2D eigenvalue weighted by atomic mass is 10.2. The van der Waals surface area contributed by atoms with Crippen molar-refractivity contribution in [3.8, 4) is 0 Å². The molecule has 0 spiro atoms. The first-order valence-electron chi connectivity index (χ1n) is 7.87. The summed E-state index contributed by atoms with van der Waals surface area (Å²) >= 11 is 3.28. The van der Waals surface area contributed by atoms with Gasteiger partial charge in [0, 0.05) is 17.3 Å². The molecule has 3 heterocycles. The number of thiophene rings is 1. The van der Waals surface area contributed by atoms with Crippen molar-refractivity contribution < 1.29 is 9.21 Å². The fourth-order valence-electron chi connectivity index (χ4n) is 2.97. The zero-order valence-electron chi connectivity index (χ0n) is 13.3. The Balaban J connectivity index is 1.48. The molecular weight excluding hydrogens is 342 g/mol. The number of hydrogen-bond donors (Lipinski definition) is 0. The summed E-state index contributed by atoms with van der Waals surface area (Å²) < 4.78 is 5.29. The van der Waals surface area contributed by atoms with E-state index >= 15 is 0 Å². The van der Waals surface area contributed by atoms with Crippen LogP contribution in [0.5, 0.6) is 0 Å². The van der Waals surface area contributed by atoms with Gasteiger partial charge in [0.15, 0.2) is 0 Å². The first kappa shape index (κ1) is 15.7. The molecule has 0 radical (unpaired) electrons. The van der Waals surface area contributed by atoms with Crippen LogP contribution in [-0.2, 0) is 24.2 Å². The first-order valence-corrected chi connectivity index (χ1v) is 9.67. The molecule has 0 atom stereocenters. The van der Waals surface area contributed by atoms with Crippen LogP contribution in [0.2, 0.25) is 0 Å². The number of rotatable bonds is 5. The van der Waals surface area contributed by atoms with E-state index in [4.69, 9.17) is 4.42 Å². The van der Waals surface area contributed by atoms with Crippen LogP contribution in [0.3, 0.4) is 0 Å². The summed E-state index contributed by atoms with van der Waals surface area (Å²) in [6.07, 6.45) is 6.68. The van der Waals surface area contributed by atoms with Gasteiger partial charge in [-0.25, -0.2) is 9.97 Å². The van der Waals surface area contributed by atoms with Crippen molar-refractivity contribution in [3.63, 3.8) is 0 Å². The van der Waals surface area contributed by atoms with Crippen LogP contribution in [0.1, 0.15) is 22.6 Å². The highest BCUT2D eigenvalue weighted by atomic mass is 32.2. The van der Waals surface area contributed by atoms with Crippen LogP contribution in [0, 0.1) is 0 Å². The minimum atomic E-state index is 0.0648. The summed E-state index contributed by atoms with van der Waals surface area (Å²) in [5.41, 5.74) is 1.40. The molecule has 124 valence electrons. The van der Waals surface area contributed by atoms with Crippen molar-refractivity contribution in [2.24, 2.45) is 0 Å². The second kappa shape index (κ2) is 6.57. The highest BCUT2D eigenvalue weighted by Gasteiger charge is 2.22. The van der Waals surface area contributed by atoms with Crippen molar-refractivity contribution in [1.29, 1.82) is 0 Å². The van der Waals surface area contributed by atoms with E-state index in [1.165, 1.54) is 34.0 Å². The fraction of sp³-hybridized carbons (Fsp3) is 0.353. The first-order chi connectivity index (χ1) is 11.7. The van der Waals surface area contributed by atoms with Crippen LogP contribution < -0.4 is 0 Å². The molecular formula is C17H17N3O2S2. The molecule has 0 unspecified atom stereocenters. The van der Waals surface area contributed by atoms with Crippen molar-refractivity contribution in [1.82, 2.24) is 14.9 Å². The molecule has 0 saturated carbocycles. The summed E-state index contributed by atoms with van der Waals surface area (Å²) in [5.74, 6) is 1.22. The molecule has 24 heavy (non-hydrogen) atoms. The van der Waals surface area contributed by atoms with Gasteiger partial charge in [0.25, 0.3) is 0 Å². The highest BCUT2D eigenvalue weighted by molar-refractivity contribution is 8.00. The minimum Gasteiger partial charge on any atom is -0.467 e. The molecule has 4 rings (SSSR count). The third-order valence-corrected chi connectivity index (χ3v) is 6.37. The van der Waals surface area contributed by atoms with Crippen LogP contribution in [0.4, 0.5) is 0 Å². The largest absolute Gasteiger partial charge is 0.467 e. The van der Waals surface area contributed by atoms with Crippen LogP contribution in [0.25, 0.3) is 10.2 Å². The lowest BCUT2D eigenvalue weighted by Gasteiger charge is -2.15. The Morgan fingerprint density at radius 2 is 2.33 bits per heavy atom. The molecule has 0 aromatic carbocycles. The number of nitrogens with zero attached hydrogens (tertiary/aromatic N) is 3. The lowest BCUT2D eigenvalue weighted by molar-refractivity contribution is -0.127. The van der Waals surface area contributed by atoms with Gasteiger partial charge in [-0.1, -0.05) is 11.8 Å². The van der Waals surface area contributed by atoms with E-state index in [1.807, 2.05) is 12.1 Å². The summed E-state index contributed by atoms with van der Waals surface area (Å²) in [7, 11) is 1.79. The number of fused-ring (bicyclic) bond motifs is 3. The Hall–Kier alpha value is -1.86. The lowest BCUT2D eigenvalue weighted by Crippen LogP contribution is -2.27. The smallest absolute Gasteiger partial charge is 0.233 e. The number of aromatic nitrogens is 2.